The Hall–Kier alpha value is -1.10. The predicted octanol–water partition coefficient (Wildman–Crippen LogP) is 2.31. The number of anilines is 1. The van der Waals surface area contributed by atoms with Gasteiger partial charge in [0, 0.05) is 6.07 Å². The number of hydrogen-bond donors (Lipinski definition) is 1. The Morgan fingerprint density at radius 1 is 1.50 bits per heavy atom. The van der Waals surface area contributed by atoms with E-state index in [0.717, 1.165) is 0 Å². The van der Waals surface area contributed by atoms with Crippen molar-refractivity contribution in [3.63, 3.8) is 0 Å². The number of aromatic nitrogens is 1. The van der Waals surface area contributed by atoms with Crippen LogP contribution >= 0.6 is 15.9 Å². The van der Waals surface area contributed by atoms with E-state index in [2.05, 4.69) is 20.9 Å². The van der Waals surface area contributed by atoms with E-state index in [9.17, 15) is 4.39 Å². The lowest BCUT2D eigenvalue weighted by molar-refractivity contribution is 0.602. The molecule has 12 heavy (non-hydrogen) atoms. The maximum atomic E-state index is 12.9. The predicted molar refractivity (Wildman–Crippen MR) is 46.1 cm³/mol. The monoisotopic (exact) mass is 230 g/mol. The lowest BCUT2D eigenvalue weighted by atomic mass is 10.3. The summed E-state index contributed by atoms with van der Waals surface area (Å²) in [5, 5.41) is 0. The van der Waals surface area contributed by atoms with Crippen LogP contribution in [0.2, 0.25) is 0 Å². The van der Waals surface area contributed by atoms with E-state index in [-0.39, 0.29) is 6.01 Å². The first-order valence-corrected chi connectivity index (χ1v) is 3.97. The van der Waals surface area contributed by atoms with Gasteiger partial charge in [-0.1, -0.05) is 0 Å². The number of halogens is 2. The second-order valence-corrected chi connectivity index (χ2v) is 3.14. The summed E-state index contributed by atoms with van der Waals surface area (Å²) in [6.07, 6.45) is 0. The molecule has 0 atom stereocenters. The van der Waals surface area contributed by atoms with Gasteiger partial charge in [-0.3, -0.25) is 0 Å². The van der Waals surface area contributed by atoms with Crippen LogP contribution < -0.4 is 5.73 Å². The van der Waals surface area contributed by atoms with Crippen molar-refractivity contribution in [2.24, 2.45) is 0 Å². The van der Waals surface area contributed by atoms with E-state index in [0.29, 0.717) is 15.6 Å². The number of hydrogen-bond acceptors (Lipinski definition) is 3. The van der Waals surface area contributed by atoms with Gasteiger partial charge in [0.1, 0.15) is 11.3 Å². The minimum Gasteiger partial charge on any atom is -0.424 e. The van der Waals surface area contributed by atoms with Gasteiger partial charge in [-0.15, -0.1) is 0 Å². The van der Waals surface area contributed by atoms with Crippen LogP contribution in [0.4, 0.5) is 10.4 Å². The van der Waals surface area contributed by atoms with E-state index >= 15 is 0 Å². The van der Waals surface area contributed by atoms with E-state index in [1.165, 1.54) is 12.1 Å². The Kier molecular flexibility index (Phi) is 1.54. The summed E-state index contributed by atoms with van der Waals surface area (Å²) in [7, 11) is 0. The van der Waals surface area contributed by atoms with E-state index in [4.69, 9.17) is 10.2 Å². The molecular weight excluding hydrogens is 227 g/mol. The zero-order valence-corrected chi connectivity index (χ0v) is 7.43. The maximum absolute atomic E-state index is 12.9. The highest BCUT2D eigenvalue weighted by Gasteiger charge is 2.06. The summed E-state index contributed by atoms with van der Waals surface area (Å²) in [6.45, 7) is 0. The van der Waals surface area contributed by atoms with Crippen LogP contribution in [0, 0.1) is 5.82 Å². The molecule has 1 aromatic carbocycles. The van der Waals surface area contributed by atoms with Crippen LogP contribution in [-0.4, -0.2) is 4.98 Å². The standard InChI is InChI=1S/C7H4BrFN2O/c8-3-1-5-6(2-4(3)9)12-7(10)11-5/h1-2H,(H2,10,11). The smallest absolute Gasteiger partial charge is 0.292 e. The number of nitrogens with two attached hydrogens (primary N) is 1. The highest BCUT2D eigenvalue weighted by Crippen LogP contribution is 2.24. The lowest BCUT2D eigenvalue weighted by Gasteiger charge is -1.90. The van der Waals surface area contributed by atoms with Gasteiger partial charge in [0.15, 0.2) is 5.58 Å². The van der Waals surface area contributed by atoms with Crippen molar-refractivity contribution in [2.75, 3.05) is 5.73 Å². The molecule has 0 saturated carbocycles. The Morgan fingerprint density at radius 2 is 2.25 bits per heavy atom. The SMILES string of the molecule is Nc1nc2cc(Br)c(F)cc2o1. The maximum Gasteiger partial charge on any atom is 0.292 e. The number of nitrogens with zero attached hydrogens (tertiary/aromatic N) is 1. The summed E-state index contributed by atoms with van der Waals surface area (Å²) >= 11 is 3.03. The van der Waals surface area contributed by atoms with Crippen LogP contribution in [0.5, 0.6) is 0 Å². The van der Waals surface area contributed by atoms with Crippen molar-refractivity contribution < 1.29 is 8.81 Å². The van der Waals surface area contributed by atoms with Gasteiger partial charge < -0.3 is 10.2 Å². The molecule has 3 nitrogen and oxygen atoms in total. The minimum atomic E-state index is -0.390. The van der Waals surface area contributed by atoms with Gasteiger partial charge >= 0.3 is 0 Å². The molecule has 0 aliphatic heterocycles. The Bertz CT molecular complexity index is 401. The molecule has 0 amide bonds. The van der Waals surface area contributed by atoms with Gasteiger partial charge in [-0.2, -0.15) is 4.98 Å². The van der Waals surface area contributed by atoms with E-state index < -0.39 is 5.82 Å². The molecular formula is C7H4BrFN2O. The van der Waals surface area contributed by atoms with Gasteiger partial charge in [0.2, 0.25) is 0 Å². The number of rotatable bonds is 0. The van der Waals surface area contributed by atoms with Gasteiger partial charge in [-0.05, 0) is 22.0 Å². The van der Waals surface area contributed by atoms with Crippen LogP contribution in [0.15, 0.2) is 21.0 Å². The first-order valence-electron chi connectivity index (χ1n) is 3.18. The second kappa shape index (κ2) is 2.45. The van der Waals surface area contributed by atoms with Crippen molar-refractivity contribution in [3.8, 4) is 0 Å². The molecule has 2 N–H and O–H groups in total. The highest BCUT2D eigenvalue weighted by molar-refractivity contribution is 9.10. The first-order chi connectivity index (χ1) is 5.66. The number of fused-ring (bicyclic) bond motifs is 1. The topological polar surface area (TPSA) is 52.0 Å². The Morgan fingerprint density at radius 3 is 3.00 bits per heavy atom. The normalized spacial score (nSPS) is 10.8. The number of nitrogen functional groups attached to an aromatic ring is 1. The zero-order valence-electron chi connectivity index (χ0n) is 5.84. The largest absolute Gasteiger partial charge is 0.424 e. The molecule has 1 aromatic heterocycles. The minimum absolute atomic E-state index is 0.0440. The van der Waals surface area contributed by atoms with E-state index in [1.807, 2.05) is 0 Å². The van der Waals surface area contributed by atoms with Gasteiger partial charge in [-0.25, -0.2) is 4.39 Å². The summed E-state index contributed by atoms with van der Waals surface area (Å²) in [5.74, 6) is -0.390. The fourth-order valence-corrected chi connectivity index (χ4v) is 1.27. The van der Waals surface area contributed by atoms with Crippen molar-refractivity contribution in [1.82, 2.24) is 4.98 Å². The molecule has 1 heterocycles. The third kappa shape index (κ3) is 1.06. The molecule has 0 spiro atoms. The molecule has 0 aliphatic rings. The van der Waals surface area contributed by atoms with Crippen molar-refractivity contribution in [3.05, 3.63) is 22.4 Å². The summed E-state index contributed by atoms with van der Waals surface area (Å²) in [4.78, 5) is 3.83. The number of benzene rings is 1. The van der Waals surface area contributed by atoms with E-state index in [1.54, 1.807) is 0 Å². The van der Waals surface area contributed by atoms with Crippen LogP contribution in [0.1, 0.15) is 0 Å². The fourth-order valence-electron chi connectivity index (χ4n) is 0.941. The van der Waals surface area contributed by atoms with Crippen molar-refractivity contribution in [1.29, 1.82) is 0 Å². The number of oxazole rings is 1. The zero-order chi connectivity index (χ0) is 8.72. The molecule has 5 heteroatoms. The fraction of sp³-hybridized carbons (Fsp3) is 0. The van der Waals surface area contributed by atoms with Gasteiger partial charge in [0.25, 0.3) is 6.01 Å². The molecule has 0 unspecified atom stereocenters. The van der Waals surface area contributed by atoms with Crippen LogP contribution in [-0.2, 0) is 0 Å². The average Bonchev–Trinajstić information content (AvgIpc) is 2.30. The molecule has 0 bridgehead atoms. The van der Waals surface area contributed by atoms with Crippen LogP contribution in [0.25, 0.3) is 11.1 Å². The van der Waals surface area contributed by atoms with Crippen molar-refractivity contribution >= 4 is 33.0 Å². The summed E-state index contributed by atoms with van der Waals surface area (Å²) in [6, 6.07) is 2.80. The summed E-state index contributed by atoms with van der Waals surface area (Å²) < 4.78 is 18.1. The van der Waals surface area contributed by atoms with Gasteiger partial charge in [0.05, 0.1) is 4.47 Å². The molecule has 0 fully saturated rings. The molecule has 2 aromatic rings. The molecule has 2 rings (SSSR count). The quantitative estimate of drug-likeness (QED) is 0.756. The van der Waals surface area contributed by atoms with Crippen LogP contribution in [0.3, 0.4) is 0 Å². The second-order valence-electron chi connectivity index (χ2n) is 2.29. The Labute approximate surface area is 75.5 Å². The lowest BCUT2D eigenvalue weighted by Crippen LogP contribution is -1.80. The third-order valence-electron chi connectivity index (χ3n) is 1.45. The average molecular weight is 231 g/mol. The summed E-state index contributed by atoms with van der Waals surface area (Å²) in [5.41, 5.74) is 6.17. The Balaban J connectivity index is 2.83. The molecule has 0 radical (unpaired) electrons. The molecule has 62 valence electrons. The third-order valence-corrected chi connectivity index (χ3v) is 2.05. The first kappa shape index (κ1) is 7.54. The molecule has 0 aliphatic carbocycles. The highest BCUT2D eigenvalue weighted by atomic mass is 79.9. The molecule has 0 saturated heterocycles. The van der Waals surface area contributed by atoms with Crippen molar-refractivity contribution in [2.45, 2.75) is 0 Å².